The quantitative estimate of drug-likeness (QED) is 0.124. The van der Waals surface area contributed by atoms with Gasteiger partial charge in [0.15, 0.2) is 13.4 Å². The van der Waals surface area contributed by atoms with Crippen LogP contribution in [0.5, 0.6) is 0 Å². The van der Waals surface area contributed by atoms with Crippen molar-refractivity contribution in [2.45, 2.75) is 140 Å². The fraction of sp³-hybridized carbons (Fsp3) is 1.00. The van der Waals surface area contributed by atoms with Gasteiger partial charge in [0.05, 0.1) is 7.59 Å². The number of rotatable bonds is 14. The normalized spacial score (nSPS) is 20.7. The molecule has 1 saturated heterocycles. The molecule has 1 heterocycles. The predicted octanol–water partition coefficient (Wildman–Crippen LogP) is 13.2. The van der Waals surface area contributed by atoms with E-state index in [4.69, 9.17) is 0 Å². The Kier molecular flexibility index (Phi) is 12.6. The maximum absolute atomic E-state index is 15.7. The molecule has 0 spiro atoms. The molecule has 0 radical (unpaired) electrons. The smallest absolute Gasteiger partial charge is 0.404 e. The van der Waals surface area contributed by atoms with Gasteiger partial charge >= 0.3 is 95.3 Å². The Morgan fingerprint density at radius 1 is 0.300 bits per heavy atom. The summed E-state index contributed by atoms with van der Waals surface area (Å²) in [7, 11) is -9.87. The van der Waals surface area contributed by atoms with E-state index in [2.05, 4.69) is 4.43 Å². The lowest BCUT2D eigenvalue weighted by Gasteiger charge is -2.59. The molecular weight excluding hydrogens is 994 g/mol. The summed E-state index contributed by atoms with van der Waals surface area (Å²) in [6.07, 6.45) is -20.4. The maximum atomic E-state index is 15.7. The van der Waals surface area contributed by atoms with E-state index in [0.29, 0.717) is 13.1 Å². The van der Waals surface area contributed by atoms with Crippen molar-refractivity contribution in [1.29, 1.82) is 0 Å². The minimum absolute atomic E-state index is 0.0308. The largest absolute Gasteiger partial charge is 0.460 e. The fourth-order valence-electron chi connectivity index (χ4n) is 4.89. The molecule has 1 aliphatic rings. The Morgan fingerprint density at radius 3 is 0.667 bits per heavy atom. The Bertz CT molecular complexity index is 1500. The van der Waals surface area contributed by atoms with E-state index in [1.165, 1.54) is 0 Å². The van der Waals surface area contributed by atoms with Crippen LogP contribution in [0.4, 0.5) is 149 Å². The van der Waals surface area contributed by atoms with Gasteiger partial charge in [-0.15, -0.1) is 0 Å². The molecule has 0 aromatic rings. The summed E-state index contributed by atoms with van der Waals surface area (Å²) in [6, 6.07) is -2.15. The Balaban J connectivity index is 4.53. The van der Waals surface area contributed by atoms with E-state index in [9.17, 15) is 114 Å². The van der Waals surface area contributed by atoms with E-state index in [0.717, 1.165) is 0 Å². The molecule has 37 heteroatoms. The van der Waals surface area contributed by atoms with Gasteiger partial charge in [-0.3, -0.25) is 0 Å². The van der Waals surface area contributed by atoms with Gasteiger partial charge < -0.3 is 4.43 Å². The summed E-state index contributed by atoms with van der Waals surface area (Å²) in [4.78, 5) is 0. The van der Waals surface area contributed by atoms with Crippen LogP contribution in [0.25, 0.3) is 0 Å². The highest BCUT2D eigenvalue weighted by molar-refractivity contribution is 7.38. The summed E-state index contributed by atoms with van der Waals surface area (Å²) >= 11 is 0. The highest BCUT2D eigenvalue weighted by atomic mass is 29.3. The lowest BCUT2D eigenvalue weighted by molar-refractivity contribution is -0.486. The minimum Gasteiger partial charge on any atom is -0.404 e. The number of halogens is 34. The second-order valence-electron chi connectivity index (χ2n) is 13.9. The monoisotopic (exact) mass is 1010 g/mol. The lowest BCUT2D eigenvalue weighted by Crippen LogP contribution is -2.85. The molecule has 0 saturated carbocycles. The fourth-order valence-corrected chi connectivity index (χ4v) is 11.5. The molecule has 0 N–H and O–H groups in total. The molecule has 1 aliphatic heterocycles. The Labute approximate surface area is 309 Å². The first-order valence-corrected chi connectivity index (χ1v) is 21.4. The van der Waals surface area contributed by atoms with E-state index in [-0.39, 0.29) is 13.1 Å². The van der Waals surface area contributed by atoms with Crippen molar-refractivity contribution in [3.05, 3.63) is 0 Å². The average molecular weight is 1010 g/mol. The summed E-state index contributed by atoms with van der Waals surface area (Å²) in [5.74, 6) is -132. The molecule has 0 bridgehead atoms. The van der Waals surface area contributed by atoms with Crippen LogP contribution >= 0.6 is 0 Å². The molecule has 360 valence electrons. The second-order valence-corrected chi connectivity index (χ2v) is 29.0. The summed E-state index contributed by atoms with van der Waals surface area (Å²) in [5.41, 5.74) is -7.69. The minimum atomic E-state index is -9.76. The zero-order valence-corrected chi connectivity index (χ0v) is 30.2. The third-order valence-corrected chi connectivity index (χ3v) is 26.1. The van der Waals surface area contributed by atoms with E-state index in [1.54, 1.807) is 0 Å². The molecule has 0 atom stereocenters. The van der Waals surface area contributed by atoms with Crippen LogP contribution in [0, 0.1) is 0 Å². The number of hydrogen-bond donors (Lipinski definition) is 0. The topological polar surface area (TPSA) is 9.23 Å². The van der Waals surface area contributed by atoms with Crippen molar-refractivity contribution < 1.29 is 154 Å². The molecule has 0 amide bonds. The highest BCUT2D eigenvalue weighted by Crippen LogP contribution is 2.71. The zero-order chi connectivity index (χ0) is 49.6. The molecular formula is C23H16F34OSi2. The van der Waals surface area contributed by atoms with Crippen molar-refractivity contribution in [3.8, 4) is 0 Å². The average Bonchev–Trinajstić information content (AvgIpc) is 2.99. The molecule has 60 heavy (non-hydrogen) atoms. The van der Waals surface area contributed by atoms with Crippen molar-refractivity contribution in [3.63, 3.8) is 0 Å². The van der Waals surface area contributed by atoms with Gasteiger partial charge in [-0.05, 0) is 19.5 Å². The van der Waals surface area contributed by atoms with Gasteiger partial charge in [-0.1, -0.05) is 19.1 Å². The van der Waals surface area contributed by atoms with Crippen molar-refractivity contribution in [2.75, 3.05) is 0 Å². The number of hydrogen-bond acceptors (Lipinski definition) is 1. The lowest BCUT2D eigenvalue weighted by atomic mass is 9.74. The summed E-state index contributed by atoms with van der Waals surface area (Å²) in [6.45, 7) is 1.07. The van der Waals surface area contributed by atoms with E-state index < -0.39 is 129 Å². The van der Waals surface area contributed by atoms with Crippen LogP contribution in [0.3, 0.4) is 0 Å². The van der Waals surface area contributed by atoms with Gasteiger partial charge in [0, 0.05) is 0 Å². The first-order valence-electron chi connectivity index (χ1n) is 14.3. The first kappa shape index (κ1) is 56.0. The van der Waals surface area contributed by atoms with Gasteiger partial charge in [0.2, 0.25) is 0 Å². The molecule has 0 unspecified atom stereocenters. The first-order chi connectivity index (χ1) is 25.2. The molecule has 0 aromatic carbocycles. The van der Waals surface area contributed by atoms with E-state index in [1.807, 2.05) is 0 Å². The SMILES string of the molecule is C[Si]1(C)CCC(C(F)(F)C(F)(F)C(F)(F)C(F)(F)C(F)(F)C(F)(F)C(F)(F)C(F)(F)F)(C(F)(F)C(F)(F)C(F)(F)C(F)(F)C(F)(F)C(F)(F)C(F)(F)C(F)(F)F)O[Si]1(C)C. The standard InChI is InChI=1S/C23H16F34OSi2/c1-59(2)6-5-7(58-60(59,3)4,8(24,25)10(28,29)12(32,33)14(36,37)16(40,41)18(44,45)20(48,49)22(52,53)54)9(26,27)11(30,31)13(34,35)15(38,39)17(42,43)19(46,47)21(50,51)23(55,56)57/h5-6H2,1-4H3. The van der Waals surface area contributed by atoms with Gasteiger partial charge in [0.1, 0.15) is 0 Å². The molecule has 0 aromatic heterocycles. The van der Waals surface area contributed by atoms with Crippen LogP contribution in [0.15, 0.2) is 0 Å². The second kappa shape index (κ2) is 13.5. The van der Waals surface area contributed by atoms with Gasteiger partial charge in [-0.25, -0.2) is 0 Å². The van der Waals surface area contributed by atoms with Crippen LogP contribution in [0.1, 0.15) is 6.42 Å². The molecule has 1 fully saturated rings. The van der Waals surface area contributed by atoms with Crippen LogP contribution in [0.2, 0.25) is 32.2 Å². The van der Waals surface area contributed by atoms with Gasteiger partial charge in [0.25, 0.3) is 0 Å². The highest BCUT2D eigenvalue weighted by Gasteiger charge is 3.01. The molecule has 0 aliphatic carbocycles. The van der Waals surface area contributed by atoms with Crippen LogP contribution in [-0.4, -0.2) is 116 Å². The molecule has 1 rings (SSSR count). The van der Waals surface area contributed by atoms with Crippen molar-refractivity contribution >= 4 is 15.4 Å². The van der Waals surface area contributed by atoms with Crippen molar-refractivity contribution in [1.82, 2.24) is 0 Å². The number of alkyl halides is 34. The third kappa shape index (κ3) is 6.30. The van der Waals surface area contributed by atoms with Crippen molar-refractivity contribution in [2.24, 2.45) is 0 Å². The van der Waals surface area contributed by atoms with Crippen LogP contribution < -0.4 is 0 Å². The predicted molar refractivity (Wildman–Crippen MR) is 130 cm³/mol. The third-order valence-electron chi connectivity index (χ3n) is 9.62. The Hall–Kier alpha value is -1.99. The summed E-state index contributed by atoms with van der Waals surface area (Å²) < 4.78 is 480. The van der Waals surface area contributed by atoms with E-state index >= 15 is 35.1 Å². The summed E-state index contributed by atoms with van der Waals surface area (Å²) in [5, 5.41) is 0. The van der Waals surface area contributed by atoms with Crippen LogP contribution in [-0.2, 0) is 4.43 Å². The zero-order valence-electron chi connectivity index (χ0n) is 28.2. The van der Waals surface area contributed by atoms with Gasteiger partial charge in [-0.2, -0.15) is 149 Å². The molecule has 1 nitrogen and oxygen atoms in total. The Morgan fingerprint density at radius 2 is 0.483 bits per heavy atom. The maximum Gasteiger partial charge on any atom is 0.460 e.